The summed E-state index contributed by atoms with van der Waals surface area (Å²) in [6.45, 7) is 5.61. The average molecular weight is 573 g/mol. The highest BCUT2D eigenvalue weighted by atomic mass is 19.1. The Morgan fingerprint density at radius 3 is 2.29 bits per heavy atom. The topological polar surface area (TPSA) is 138 Å². The Kier molecular flexibility index (Phi) is 9.61. The average Bonchev–Trinajstić information content (AvgIpc) is 3.28. The van der Waals surface area contributed by atoms with Crippen molar-refractivity contribution in [2.45, 2.75) is 51.9 Å². The van der Waals surface area contributed by atoms with Gasteiger partial charge in [0.15, 0.2) is 0 Å². The van der Waals surface area contributed by atoms with Gasteiger partial charge in [-0.05, 0) is 56.2 Å². The van der Waals surface area contributed by atoms with Gasteiger partial charge in [-0.25, -0.2) is 14.4 Å². The zero-order chi connectivity index (χ0) is 30.4. The van der Waals surface area contributed by atoms with Crippen LogP contribution in [-0.4, -0.2) is 53.9 Å². The molecule has 2 atom stereocenters. The number of benzene rings is 2. The minimum Gasteiger partial charge on any atom is -0.481 e. The molecule has 10 heteroatoms. The Hall–Kier alpha value is -4.67. The number of carbonyl (C=O) groups excluding carboxylic acids is 1. The molecule has 0 fully saturated rings. The molecule has 0 aliphatic heterocycles. The lowest BCUT2D eigenvalue weighted by Gasteiger charge is -2.17. The Balaban J connectivity index is 1.96. The molecule has 218 valence electrons. The first-order chi connectivity index (χ1) is 20.0. The first-order valence-corrected chi connectivity index (χ1v) is 13.5. The van der Waals surface area contributed by atoms with Crippen LogP contribution in [0.15, 0.2) is 72.9 Å². The molecule has 4 N–H and O–H groups in total. The maximum absolute atomic E-state index is 14.0. The molecule has 0 radical (unpaired) electrons. The van der Waals surface area contributed by atoms with E-state index in [1.165, 1.54) is 18.2 Å². The van der Waals surface area contributed by atoms with E-state index in [-0.39, 0.29) is 18.4 Å². The van der Waals surface area contributed by atoms with Gasteiger partial charge in [-0.1, -0.05) is 48.5 Å². The van der Waals surface area contributed by atoms with E-state index in [1.807, 2.05) is 48.7 Å². The van der Waals surface area contributed by atoms with Crippen LogP contribution in [-0.2, 0) is 4.79 Å². The van der Waals surface area contributed by atoms with Crippen molar-refractivity contribution >= 4 is 23.9 Å². The van der Waals surface area contributed by atoms with Gasteiger partial charge in [0.05, 0.1) is 18.6 Å². The minimum absolute atomic E-state index is 0.138. The van der Waals surface area contributed by atoms with Crippen molar-refractivity contribution < 1.29 is 29.3 Å². The number of amides is 1. The highest BCUT2D eigenvalue weighted by Gasteiger charge is 2.30. The van der Waals surface area contributed by atoms with Crippen molar-refractivity contribution in [2.24, 2.45) is 0 Å². The van der Waals surface area contributed by atoms with Gasteiger partial charge in [0.25, 0.3) is 5.91 Å². The summed E-state index contributed by atoms with van der Waals surface area (Å²) in [7, 11) is 0. The van der Waals surface area contributed by atoms with Crippen LogP contribution >= 0.6 is 0 Å². The maximum Gasteiger partial charge on any atom is 0.305 e. The highest BCUT2D eigenvalue weighted by Crippen LogP contribution is 2.42. The second-order valence-corrected chi connectivity index (χ2v) is 10.2. The summed E-state index contributed by atoms with van der Waals surface area (Å²) in [5.74, 6) is -1.92. The van der Waals surface area contributed by atoms with E-state index in [0.717, 1.165) is 5.56 Å². The number of aliphatic hydroxyl groups excluding tert-OH is 2. The standard InChI is InChI=1S/C32H33FN4O5/c1-19(2)37-26(14-13-24(38)17-25(39)18-27(40)41)28(22-9-11-23(33)12-10-22)29(21-7-5-4-6-8-21)30(37)31(42)36-32-34-16-15-20(3)35-32/h4-16,19,24-25,38-39H,17-18H2,1-3H3,(H,40,41)(H,34,35,36,42)/t24-,25-/m1/s1. The normalized spacial score (nSPS) is 12.9. The largest absolute Gasteiger partial charge is 0.481 e. The number of rotatable bonds is 11. The number of hydrogen-bond donors (Lipinski definition) is 4. The highest BCUT2D eigenvalue weighted by molar-refractivity contribution is 6.11. The molecule has 1 amide bonds. The quantitative estimate of drug-likeness (QED) is 0.186. The Morgan fingerprint density at radius 2 is 1.67 bits per heavy atom. The Bertz CT molecular complexity index is 1580. The third-order valence-corrected chi connectivity index (χ3v) is 6.59. The second kappa shape index (κ2) is 13.3. The number of halogens is 1. The number of carbonyl (C=O) groups is 2. The first-order valence-electron chi connectivity index (χ1n) is 13.5. The first kappa shape index (κ1) is 30.3. The summed E-state index contributed by atoms with van der Waals surface area (Å²) in [6, 6.07) is 16.7. The van der Waals surface area contributed by atoms with Crippen LogP contribution < -0.4 is 5.32 Å². The Morgan fingerprint density at radius 1 is 1.00 bits per heavy atom. The van der Waals surface area contributed by atoms with Crippen LogP contribution in [0.1, 0.15) is 54.6 Å². The van der Waals surface area contributed by atoms with Crippen molar-refractivity contribution in [3.05, 3.63) is 95.8 Å². The molecular weight excluding hydrogens is 539 g/mol. The third-order valence-electron chi connectivity index (χ3n) is 6.59. The Labute approximate surface area is 243 Å². The van der Waals surface area contributed by atoms with Crippen LogP contribution in [0.3, 0.4) is 0 Å². The molecule has 0 aliphatic rings. The van der Waals surface area contributed by atoms with Crippen LogP contribution in [0.25, 0.3) is 28.3 Å². The number of aromatic nitrogens is 3. The lowest BCUT2D eigenvalue weighted by atomic mass is 9.94. The zero-order valence-corrected chi connectivity index (χ0v) is 23.5. The summed E-state index contributed by atoms with van der Waals surface area (Å²) in [4.78, 5) is 33.5. The van der Waals surface area contributed by atoms with E-state index in [0.29, 0.717) is 33.8 Å². The summed E-state index contributed by atoms with van der Waals surface area (Å²) in [5, 5.41) is 32.5. The summed E-state index contributed by atoms with van der Waals surface area (Å²) in [6.07, 6.45) is 1.53. The lowest BCUT2D eigenvalue weighted by Crippen LogP contribution is -2.21. The number of hydrogen-bond acceptors (Lipinski definition) is 6. The van der Waals surface area contributed by atoms with Gasteiger partial charge in [0, 0.05) is 41.2 Å². The molecule has 2 aromatic carbocycles. The van der Waals surface area contributed by atoms with E-state index >= 15 is 0 Å². The van der Waals surface area contributed by atoms with Crippen molar-refractivity contribution in [3.8, 4) is 22.3 Å². The molecule has 0 spiro atoms. The van der Waals surface area contributed by atoms with Gasteiger partial charge in [-0.2, -0.15) is 0 Å². The molecule has 0 unspecified atom stereocenters. The maximum atomic E-state index is 14.0. The van der Waals surface area contributed by atoms with Crippen molar-refractivity contribution in [1.29, 1.82) is 0 Å². The van der Waals surface area contributed by atoms with Gasteiger partial charge < -0.3 is 19.9 Å². The van der Waals surface area contributed by atoms with E-state index in [2.05, 4.69) is 15.3 Å². The third kappa shape index (κ3) is 7.15. The van der Waals surface area contributed by atoms with E-state index in [1.54, 1.807) is 37.4 Å². The number of carboxylic acids is 1. The number of aliphatic hydroxyl groups is 2. The number of aryl methyl sites for hydroxylation is 1. The molecule has 0 saturated carbocycles. The fraction of sp³-hybridized carbons (Fsp3) is 0.250. The van der Waals surface area contributed by atoms with Crippen LogP contribution in [0.5, 0.6) is 0 Å². The lowest BCUT2D eigenvalue weighted by molar-refractivity contribution is -0.139. The fourth-order valence-corrected chi connectivity index (χ4v) is 4.84. The molecule has 2 aromatic heterocycles. The molecule has 2 heterocycles. The minimum atomic E-state index is -1.24. The molecule has 42 heavy (non-hydrogen) atoms. The van der Waals surface area contributed by atoms with Gasteiger partial charge in [-0.3, -0.25) is 14.9 Å². The SMILES string of the molecule is Cc1ccnc(NC(=O)c2c(-c3ccccc3)c(-c3ccc(F)cc3)c(C=C[C@@H](O)C[C@@H](O)CC(=O)O)n2C(C)C)n1. The number of aliphatic carboxylic acids is 1. The molecule has 4 aromatic rings. The smallest absolute Gasteiger partial charge is 0.305 e. The van der Waals surface area contributed by atoms with Gasteiger partial charge in [-0.15, -0.1) is 0 Å². The molecular formula is C32H33FN4O5. The van der Waals surface area contributed by atoms with Crippen molar-refractivity contribution in [3.63, 3.8) is 0 Å². The predicted molar refractivity (Wildman–Crippen MR) is 158 cm³/mol. The molecule has 0 saturated heterocycles. The zero-order valence-electron chi connectivity index (χ0n) is 23.5. The molecule has 9 nitrogen and oxygen atoms in total. The summed E-state index contributed by atoms with van der Waals surface area (Å²) < 4.78 is 15.8. The second-order valence-electron chi connectivity index (χ2n) is 10.2. The molecule has 0 aliphatic carbocycles. The van der Waals surface area contributed by atoms with Crippen molar-refractivity contribution in [2.75, 3.05) is 5.32 Å². The van der Waals surface area contributed by atoms with Crippen LogP contribution in [0.2, 0.25) is 0 Å². The van der Waals surface area contributed by atoms with Gasteiger partial charge in [0.2, 0.25) is 5.95 Å². The van der Waals surface area contributed by atoms with E-state index in [9.17, 15) is 24.2 Å². The van der Waals surface area contributed by atoms with Crippen molar-refractivity contribution in [1.82, 2.24) is 14.5 Å². The van der Waals surface area contributed by atoms with E-state index < -0.39 is 36.3 Å². The van der Waals surface area contributed by atoms with E-state index in [4.69, 9.17) is 5.11 Å². The van der Waals surface area contributed by atoms with Crippen LogP contribution in [0, 0.1) is 12.7 Å². The number of carboxylic acid groups (broad SMARTS) is 1. The predicted octanol–water partition coefficient (Wildman–Crippen LogP) is 5.49. The van der Waals surface area contributed by atoms with Gasteiger partial charge >= 0.3 is 5.97 Å². The fourth-order valence-electron chi connectivity index (χ4n) is 4.84. The molecule has 4 rings (SSSR count). The molecule has 0 bridgehead atoms. The number of anilines is 1. The number of nitrogens with one attached hydrogen (secondary N) is 1. The monoisotopic (exact) mass is 572 g/mol. The van der Waals surface area contributed by atoms with Crippen LogP contribution in [0.4, 0.5) is 10.3 Å². The summed E-state index contributed by atoms with van der Waals surface area (Å²) in [5.41, 5.74) is 4.12. The number of nitrogens with zero attached hydrogens (tertiary/aromatic N) is 3. The van der Waals surface area contributed by atoms with Gasteiger partial charge in [0.1, 0.15) is 11.5 Å². The summed E-state index contributed by atoms with van der Waals surface area (Å²) >= 11 is 0.